The molecule has 0 aliphatic rings. The fourth-order valence-electron chi connectivity index (χ4n) is 1.75. The summed E-state index contributed by atoms with van der Waals surface area (Å²) >= 11 is 5.79. The van der Waals surface area contributed by atoms with Gasteiger partial charge in [0.2, 0.25) is 5.91 Å². The maximum atomic E-state index is 12.1. The maximum Gasteiger partial charge on any atom is 0.251 e. The van der Waals surface area contributed by atoms with Crippen molar-refractivity contribution in [2.24, 2.45) is 5.92 Å². The maximum absolute atomic E-state index is 12.1. The molecule has 1 rings (SSSR count). The molecule has 6 heteroatoms. The fraction of sp³-hybridized carbons (Fsp3) is 0.467. The van der Waals surface area contributed by atoms with Gasteiger partial charge in [0.25, 0.3) is 5.91 Å². The SMILES string of the molecule is COCCNC(=O)[C@@H](NC(=O)c1ccc(Cl)cc1)C(C)C. The van der Waals surface area contributed by atoms with Crippen LogP contribution in [-0.4, -0.2) is 38.1 Å². The zero-order chi connectivity index (χ0) is 15.8. The predicted molar refractivity (Wildman–Crippen MR) is 82.4 cm³/mol. The molecule has 0 fully saturated rings. The van der Waals surface area contributed by atoms with Gasteiger partial charge in [-0.2, -0.15) is 0 Å². The zero-order valence-corrected chi connectivity index (χ0v) is 13.2. The van der Waals surface area contributed by atoms with Crippen LogP contribution in [0.4, 0.5) is 0 Å². The average molecular weight is 313 g/mol. The van der Waals surface area contributed by atoms with Gasteiger partial charge in [-0.25, -0.2) is 0 Å². The van der Waals surface area contributed by atoms with Crippen molar-refractivity contribution in [3.63, 3.8) is 0 Å². The molecule has 0 saturated carbocycles. The van der Waals surface area contributed by atoms with Crippen LogP contribution in [0.15, 0.2) is 24.3 Å². The molecule has 0 aromatic heterocycles. The van der Waals surface area contributed by atoms with E-state index in [1.54, 1.807) is 31.4 Å². The van der Waals surface area contributed by atoms with Crippen LogP contribution in [-0.2, 0) is 9.53 Å². The predicted octanol–water partition coefficient (Wildman–Crippen LogP) is 1.86. The van der Waals surface area contributed by atoms with Crippen LogP contribution in [0.1, 0.15) is 24.2 Å². The van der Waals surface area contributed by atoms with E-state index in [0.29, 0.717) is 23.7 Å². The molecule has 1 aromatic rings. The first-order chi connectivity index (χ1) is 9.95. The van der Waals surface area contributed by atoms with E-state index in [1.807, 2.05) is 13.8 Å². The Morgan fingerprint density at radius 2 is 1.86 bits per heavy atom. The lowest BCUT2D eigenvalue weighted by atomic mass is 10.0. The van der Waals surface area contributed by atoms with Crippen LogP contribution in [0, 0.1) is 5.92 Å². The van der Waals surface area contributed by atoms with E-state index in [0.717, 1.165) is 0 Å². The summed E-state index contributed by atoms with van der Waals surface area (Å²) in [6.07, 6.45) is 0. The van der Waals surface area contributed by atoms with Gasteiger partial charge in [-0.05, 0) is 30.2 Å². The molecule has 0 spiro atoms. The second-order valence-electron chi connectivity index (χ2n) is 4.99. The first kappa shape index (κ1) is 17.5. The van der Waals surface area contributed by atoms with E-state index in [2.05, 4.69) is 10.6 Å². The van der Waals surface area contributed by atoms with Gasteiger partial charge in [-0.1, -0.05) is 25.4 Å². The van der Waals surface area contributed by atoms with E-state index in [1.165, 1.54) is 0 Å². The Kier molecular flexibility index (Phi) is 7.19. The molecule has 5 nitrogen and oxygen atoms in total. The smallest absolute Gasteiger partial charge is 0.251 e. The van der Waals surface area contributed by atoms with E-state index >= 15 is 0 Å². The van der Waals surface area contributed by atoms with Gasteiger partial charge in [0, 0.05) is 24.2 Å². The zero-order valence-electron chi connectivity index (χ0n) is 12.5. The molecule has 2 N–H and O–H groups in total. The number of carbonyl (C=O) groups is 2. The molecule has 0 aliphatic heterocycles. The molecular weight excluding hydrogens is 292 g/mol. The number of methoxy groups -OCH3 is 1. The Hall–Kier alpha value is -1.59. The van der Waals surface area contributed by atoms with Gasteiger partial charge < -0.3 is 15.4 Å². The summed E-state index contributed by atoms with van der Waals surface area (Å²) in [6, 6.07) is 5.93. The van der Waals surface area contributed by atoms with Crippen LogP contribution in [0.25, 0.3) is 0 Å². The Morgan fingerprint density at radius 3 is 2.38 bits per heavy atom. The van der Waals surface area contributed by atoms with Crippen molar-refractivity contribution >= 4 is 23.4 Å². The number of ether oxygens (including phenoxy) is 1. The summed E-state index contributed by atoms with van der Waals surface area (Å²) in [5.74, 6) is -0.541. The minimum Gasteiger partial charge on any atom is -0.383 e. The molecule has 116 valence electrons. The highest BCUT2D eigenvalue weighted by atomic mass is 35.5. The highest BCUT2D eigenvalue weighted by Gasteiger charge is 2.24. The Labute approximate surface area is 130 Å². The first-order valence-corrected chi connectivity index (χ1v) is 7.16. The number of carbonyl (C=O) groups excluding carboxylic acids is 2. The normalized spacial score (nSPS) is 12.0. The second-order valence-corrected chi connectivity index (χ2v) is 5.42. The van der Waals surface area contributed by atoms with Crippen molar-refractivity contribution < 1.29 is 14.3 Å². The van der Waals surface area contributed by atoms with Crippen LogP contribution in [0.5, 0.6) is 0 Å². The van der Waals surface area contributed by atoms with Crippen LogP contribution in [0.3, 0.4) is 0 Å². The minimum atomic E-state index is -0.593. The van der Waals surface area contributed by atoms with Gasteiger partial charge in [0.1, 0.15) is 6.04 Å². The number of nitrogens with one attached hydrogen (secondary N) is 2. The number of benzene rings is 1. The van der Waals surface area contributed by atoms with Gasteiger partial charge in [-0.3, -0.25) is 9.59 Å². The highest BCUT2D eigenvalue weighted by molar-refractivity contribution is 6.30. The third kappa shape index (κ3) is 5.73. The molecule has 0 bridgehead atoms. The average Bonchev–Trinajstić information content (AvgIpc) is 2.45. The van der Waals surface area contributed by atoms with Crippen molar-refractivity contribution in [1.82, 2.24) is 10.6 Å². The summed E-state index contributed by atoms with van der Waals surface area (Å²) in [7, 11) is 1.56. The van der Waals surface area contributed by atoms with Crippen molar-refractivity contribution in [3.8, 4) is 0 Å². The molecule has 1 atom stereocenters. The molecule has 2 amide bonds. The van der Waals surface area contributed by atoms with Crippen molar-refractivity contribution in [2.45, 2.75) is 19.9 Å². The standard InChI is InChI=1S/C15H21ClN2O3/c1-10(2)13(15(20)17-8-9-21-3)18-14(19)11-4-6-12(16)7-5-11/h4-7,10,13H,8-9H2,1-3H3,(H,17,20)(H,18,19)/t13-/m0/s1. The summed E-state index contributed by atoms with van der Waals surface area (Å²) in [4.78, 5) is 24.2. The highest BCUT2D eigenvalue weighted by Crippen LogP contribution is 2.10. The number of hydrogen-bond donors (Lipinski definition) is 2. The molecule has 0 heterocycles. The number of hydrogen-bond acceptors (Lipinski definition) is 3. The molecule has 0 radical (unpaired) electrons. The lowest BCUT2D eigenvalue weighted by Gasteiger charge is -2.21. The Bertz CT molecular complexity index is 474. The van der Waals surface area contributed by atoms with Crippen molar-refractivity contribution in [1.29, 1.82) is 0 Å². The molecule has 21 heavy (non-hydrogen) atoms. The summed E-state index contributed by atoms with van der Waals surface area (Å²) < 4.78 is 4.88. The largest absolute Gasteiger partial charge is 0.383 e. The quantitative estimate of drug-likeness (QED) is 0.755. The Morgan fingerprint density at radius 1 is 1.24 bits per heavy atom. The topological polar surface area (TPSA) is 67.4 Å². The molecule has 0 saturated heterocycles. The second kappa shape index (κ2) is 8.64. The summed E-state index contributed by atoms with van der Waals surface area (Å²) in [5, 5.41) is 6.03. The first-order valence-electron chi connectivity index (χ1n) is 6.78. The van der Waals surface area contributed by atoms with Crippen molar-refractivity contribution in [3.05, 3.63) is 34.9 Å². The number of rotatable bonds is 7. The molecular formula is C15H21ClN2O3. The molecule has 0 aliphatic carbocycles. The number of amides is 2. The minimum absolute atomic E-state index is 0.0243. The third-order valence-corrected chi connectivity index (χ3v) is 3.20. The van der Waals surface area contributed by atoms with Gasteiger partial charge >= 0.3 is 0 Å². The van der Waals surface area contributed by atoms with E-state index < -0.39 is 6.04 Å². The van der Waals surface area contributed by atoms with E-state index in [4.69, 9.17) is 16.3 Å². The van der Waals surface area contributed by atoms with Gasteiger partial charge in [-0.15, -0.1) is 0 Å². The number of halogens is 1. The Balaban J connectivity index is 2.67. The monoisotopic (exact) mass is 312 g/mol. The lowest BCUT2D eigenvalue weighted by Crippen LogP contribution is -2.50. The lowest BCUT2D eigenvalue weighted by molar-refractivity contribution is -0.124. The fourth-order valence-corrected chi connectivity index (χ4v) is 1.87. The van der Waals surface area contributed by atoms with Crippen LogP contribution >= 0.6 is 11.6 Å². The molecule has 0 unspecified atom stereocenters. The van der Waals surface area contributed by atoms with Crippen LogP contribution < -0.4 is 10.6 Å². The van der Waals surface area contributed by atoms with Gasteiger partial charge in [0.15, 0.2) is 0 Å². The van der Waals surface area contributed by atoms with Crippen LogP contribution in [0.2, 0.25) is 5.02 Å². The van der Waals surface area contributed by atoms with E-state index in [9.17, 15) is 9.59 Å². The summed E-state index contributed by atoms with van der Waals surface area (Å²) in [6.45, 7) is 4.60. The summed E-state index contributed by atoms with van der Waals surface area (Å²) in [5.41, 5.74) is 0.467. The van der Waals surface area contributed by atoms with Gasteiger partial charge in [0.05, 0.1) is 6.61 Å². The van der Waals surface area contributed by atoms with Crippen molar-refractivity contribution in [2.75, 3.05) is 20.3 Å². The third-order valence-electron chi connectivity index (χ3n) is 2.95. The van der Waals surface area contributed by atoms with E-state index in [-0.39, 0.29) is 17.7 Å². The molecule has 1 aromatic carbocycles.